The van der Waals surface area contributed by atoms with Crippen LogP contribution in [-0.4, -0.2) is 28.1 Å². The Labute approximate surface area is 191 Å². The zero-order chi connectivity index (χ0) is 22.7. The Bertz CT molecular complexity index is 766. The van der Waals surface area contributed by atoms with Crippen LogP contribution in [0.15, 0.2) is 85.0 Å². The maximum Gasteiger partial charge on any atom is 0.261 e. The summed E-state index contributed by atoms with van der Waals surface area (Å²) >= 11 is 0. The lowest BCUT2D eigenvalue weighted by Crippen LogP contribution is -2.66. The fourth-order valence-corrected chi connectivity index (χ4v) is 8.88. The topological polar surface area (TPSA) is 18.5 Å². The molecular weight excluding hydrogens is 396 g/mol. The summed E-state index contributed by atoms with van der Waals surface area (Å²) in [6, 6.07) is 21.7. The molecule has 2 aromatic rings. The quantitative estimate of drug-likeness (QED) is 0.222. The summed E-state index contributed by atoms with van der Waals surface area (Å²) in [5.41, 5.74) is 1.36. The summed E-state index contributed by atoms with van der Waals surface area (Å²) in [6.07, 6.45) is 8.34. The zero-order valence-corrected chi connectivity index (χ0v) is 21.1. The lowest BCUT2D eigenvalue weighted by Gasteiger charge is -2.43. The number of ether oxygens (including phenoxy) is 1. The van der Waals surface area contributed by atoms with Gasteiger partial charge in [-0.25, -0.2) is 0 Å². The third kappa shape index (κ3) is 6.77. The highest BCUT2D eigenvalue weighted by molar-refractivity contribution is 6.99. The Morgan fingerprint density at radius 3 is 2.00 bits per heavy atom. The maximum atomic E-state index is 6.98. The van der Waals surface area contributed by atoms with Gasteiger partial charge in [-0.15, -0.1) is 6.58 Å². The molecule has 0 saturated carbocycles. The lowest BCUT2D eigenvalue weighted by atomic mass is 10.1. The van der Waals surface area contributed by atoms with E-state index in [0.717, 1.165) is 32.3 Å². The van der Waals surface area contributed by atoms with Crippen LogP contribution in [-0.2, 0) is 9.16 Å². The smallest absolute Gasteiger partial charge is 0.261 e. The summed E-state index contributed by atoms with van der Waals surface area (Å²) in [4.78, 5) is 0. The first-order chi connectivity index (χ1) is 14.8. The maximum absolute atomic E-state index is 6.98. The van der Waals surface area contributed by atoms with Gasteiger partial charge in [-0.05, 0) is 48.0 Å². The van der Waals surface area contributed by atoms with Gasteiger partial charge in [0, 0.05) is 13.7 Å². The number of hydrogen-bond acceptors (Lipinski definition) is 2. The lowest BCUT2D eigenvalue weighted by molar-refractivity contribution is 0.124. The molecule has 0 aliphatic carbocycles. The second-order valence-corrected chi connectivity index (χ2v) is 13.6. The first-order valence-corrected chi connectivity index (χ1v) is 13.3. The first kappa shape index (κ1) is 25.3. The Morgan fingerprint density at radius 2 is 1.55 bits per heavy atom. The van der Waals surface area contributed by atoms with E-state index in [1.807, 2.05) is 6.08 Å². The SMILES string of the molecule is C=CCCC(C)=CC(CCCO[Si](c1ccccc1)(c1ccccc1)C(C)(C)C)OC. The normalized spacial score (nSPS) is 13.8. The van der Waals surface area contributed by atoms with Crippen LogP contribution in [0.3, 0.4) is 0 Å². The molecule has 0 aromatic heterocycles. The van der Waals surface area contributed by atoms with E-state index >= 15 is 0 Å². The molecule has 1 atom stereocenters. The van der Waals surface area contributed by atoms with Crippen LogP contribution in [0.5, 0.6) is 0 Å². The largest absolute Gasteiger partial charge is 0.407 e. The molecule has 0 bridgehead atoms. The minimum atomic E-state index is -2.45. The van der Waals surface area contributed by atoms with Gasteiger partial charge in [-0.3, -0.25) is 0 Å². The Balaban J connectivity index is 2.20. The predicted molar refractivity (Wildman–Crippen MR) is 137 cm³/mol. The molecule has 0 N–H and O–H groups in total. The fraction of sp³-hybridized carbons (Fsp3) is 0.429. The molecule has 0 amide bonds. The highest BCUT2D eigenvalue weighted by atomic mass is 28.4. The molecule has 0 fully saturated rings. The Hall–Kier alpha value is -1.94. The monoisotopic (exact) mass is 436 g/mol. The van der Waals surface area contributed by atoms with Crippen molar-refractivity contribution < 1.29 is 9.16 Å². The average molecular weight is 437 g/mol. The third-order valence-corrected chi connectivity index (χ3v) is 10.9. The van der Waals surface area contributed by atoms with Crippen LogP contribution in [0.2, 0.25) is 5.04 Å². The van der Waals surface area contributed by atoms with Crippen LogP contribution < -0.4 is 10.4 Å². The Morgan fingerprint density at radius 1 is 1.00 bits per heavy atom. The number of benzene rings is 2. The van der Waals surface area contributed by atoms with E-state index in [1.54, 1.807) is 7.11 Å². The molecule has 0 aliphatic heterocycles. The van der Waals surface area contributed by atoms with Gasteiger partial charge in [0.15, 0.2) is 0 Å². The molecular formula is C28H40O2Si. The van der Waals surface area contributed by atoms with Crippen molar-refractivity contribution in [1.82, 2.24) is 0 Å². The van der Waals surface area contributed by atoms with Crippen molar-refractivity contribution in [3.05, 3.63) is 85.0 Å². The van der Waals surface area contributed by atoms with Gasteiger partial charge < -0.3 is 9.16 Å². The van der Waals surface area contributed by atoms with Gasteiger partial charge in [0.05, 0.1) is 6.10 Å². The molecule has 1 unspecified atom stereocenters. The summed E-state index contributed by atoms with van der Waals surface area (Å²) in [5, 5.41) is 2.67. The van der Waals surface area contributed by atoms with E-state index in [0.29, 0.717) is 0 Å². The third-order valence-electron chi connectivity index (χ3n) is 5.88. The van der Waals surface area contributed by atoms with Crippen LogP contribution in [0.25, 0.3) is 0 Å². The Kier molecular flexibility index (Phi) is 9.95. The number of allylic oxidation sites excluding steroid dienone is 2. The highest BCUT2D eigenvalue weighted by Crippen LogP contribution is 2.36. The molecule has 31 heavy (non-hydrogen) atoms. The molecule has 0 saturated heterocycles. The van der Waals surface area contributed by atoms with E-state index in [2.05, 4.69) is 101 Å². The molecule has 168 valence electrons. The summed E-state index contributed by atoms with van der Waals surface area (Å²) in [5.74, 6) is 0. The zero-order valence-electron chi connectivity index (χ0n) is 20.1. The molecule has 0 radical (unpaired) electrons. The van der Waals surface area contributed by atoms with Gasteiger partial charge in [-0.1, -0.05) is 99.2 Å². The van der Waals surface area contributed by atoms with E-state index in [-0.39, 0.29) is 11.1 Å². The van der Waals surface area contributed by atoms with Crippen molar-refractivity contribution in [2.24, 2.45) is 0 Å². The van der Waals surface area contributed by atoms with Crippen molar-refractivity contribution in [3.63, 3.8) is 0 Å². The average Bonchev–Trinajstić information content (AvgIpc) is 2.77. The first-order valence-electron chi connectivity index (χ1n) is 11.4. The molecule has 0 spiro atoms. The molecule has 0 aliphatic rings. The molecule has 2 nitrogen and oxygen atoms in total. The van der Waals surface area contributed by atoms with Gasteiger partial charge >= 0.3 is 0 Å². The summed E-state index contributed by atoms with van der Waals surface area (Å²) in [6.45, 7) is 13.7. The van der Waals surface area contributed by atoms with Crippen LogP contribution in [0.1, 0.15) is 53.4 Å². The van der Waals surface area contributed by atoms with E-state index in [9.17, 15) is 0 Å². The second-order valence-electron chi connectivity index (χ2n) is 9.27. The van der Waals surface area contributed by atoms with Gasteiger partial charge in [0.2, 0.25) is 0 Å². The van der Waals surface area contributed by atoms with E-state index in [4.69, 9.17) is 9.16 Å². The fourth-order valence-electron chi connectivity index (χ4n) is 4.27. The van der Waals surface area contributed by atoms with Crippen molar-refractivity contribution in [2.75, 3.05) is 13.7 Å². The molecule has 2 rings (SSSR count). The molecule has 2 aromatic carbocycles. The predicted octanol–water partition coefficient (Wildman–Crippen LogP) is 6.27. The van der Waals surface area contributed by atoms with Crippen LogP contribution in [0, 0.1) is 0 Å². The number of rotatable bonds is 12. The standard InChI is InChI=1S/C28H40O2Si/c1-7-8-16-24(2)23-25(29-6)17-15-22-30-31(28(3,4)5,26-18-11-9-12-19-26)27-20-13-10-14-21-27/h7,9-14,18-21,23,25H,1,8,15-17,22H2,2-6H3. The van der Waals surface area contributed by atoms with Crippen LogP contribution in [0.4, 0.5) is 0 Å². The van der Waals surface area contributed by atoms with Crippen molar-refractivity contribution in [2.45, 2.75) is 64.5 Å². The van der Waals surface area contributed by atoms with Crippen molar-refractivity contribution in [3.8, 4) is 0 Å². The number of methoxy groups -OCH3 is 1. The molecule has 0 heterocycles. The van der Waals surface area contributed by atoms with Gasteiger partial charge in [-0.2, -0.15) is 0 Å². The van der Waals surface area contributed by atoms with Gasteiger partial charge in [0.25, 0.3) is 8.32 Å². The summed E-state index contributed by atoms with van der Waals surface area (Å²) < 4.78 is 12.7. The van der Waals surface area contributed by atoms with E-state index in [1.165, 1.54) is 15.9 Å². The van der Waals surface area contributed by atoms with Crippen molar-refractivity contribution in [1.29, 1.82) is 0 Å². The highest BCUT2D eigenvalue weighted by Gasteiger charge is 2.49. The van der Waals surface area contributed by atoms with Crippen LogP contribution >= 0.6 is 0 Å². The summed E-state index contributed by atoms with van der Waals surface area (Å²) in [7, 11) is -0.652. The minimum absolute atomic E-state index is 0.0115. The number of hydrogen-bond donors (Lipinski definition) is 0. The molecule has 3 heteroatoms. The van der Waals surface area contributed by atoms with E-state index < -0.39 is 8.32 Å². The minimum Gasteiger partial charge on any atom is -0.407 e. The van der Waals surface area contributed by atoms with Crippen molar-refractivity contribution >= 4 is 18.7 Å². The van der Waals surface area contributed by atoms with Gasteiger partial charge in [0.1, 0.15) is 0 Å². The second kappa shape index (κ2) is 12.2.